The van der Waals surface area contributed by atoms with Gasteiger partial charge in [0.05, 0.1) is 23.5 Å². The summed E-state index contributed by atoms with van der Waals surface area (Å²) in [5.74, 6) is 0.914. The molecule has 0 aliphatic carbocycles. The van der Waals surface area contributed by atoms with Crippen molar-refractivity contribution in [1.29, 1.82) is 0 Å². The zero-order valence-corrected chi connectivity index (χ0v) is 20.2. The van der Waals surface area contributed by atoms with Gasteiger partial charge in [0.2, 0.25) is 4.96 Å². The van der Waals surface area contributed by atoms with Gasteiger partial charge in [-0.25, -0.2) is 9.50 Å². The Kier molecular flexibility index (Phi) is 8.18. The second-order valence-electron chi connectivity index (χ2n) is 8.09. The predicted octanol–water partition coefficient (Wildman–Crippen LogP) is 8.30. The number of unbranched alkanes of at least 4 members (excludes halogenated alkanes) is 7. The molecule has 0 N–H and O–H groups in total. The van der Waals surface area contributed by atoms with E-state index in [1.54, 1.807) is 0 Å². The molecule has 0 aliphatic rings. The molecule has 2 heterocycles. The maximum atomic E-state index is 6.30. The number of imidazole rings is 1. The van der Waals surface area contributed by atoms with Crippen LogP contribution in [0.2, 0.25) is 5.02 Å². The summed E-state index contributed by atoms with van der Waals surface area (Å²) < 4.78 is 7.74. The Morgan fingerprint density at radius 3 is 2.34 bits per heavy atom. The van der Waals surface area contributed by atoms with Crippen molar-refractivity contribution in [2.45, 2.75) is 58.3 Å². The average Bonchev–Trinajstić information content (AvgIpc) is 3.38. The van der Waals surface area contributed by atoms with Crippen LogP contribution in [0.25, 0.3) is 26.8 Å². The van der Waals surface area contributed by atoms with E-state index in [-0.39, 0.29) is 0 Å². The molecule has 6 heteroatoms. The van der Waals surface area contributed by atoms with Crippen molar-refractivity contribution < 1.29 is 4.74 Å². The predicted molar refractivity (Wildman–Crippen MR) is 135 cm³/mol. The summed E-state index contributed by atoms with van der Waals surface area (Å²) in [4.78, 5) is 5.60. The van der Waals surface area contributed by atoms with Gasteiger partial charge >= 0.3 is 0 Å². The molecule has 0 aliphatic heterocycles. The van der Waals surface area contributed by atoms with Gasteiger partial charge in [-0.3, -0.25) is 0 Å². The van der Waals surface area contributed by atoms with Crippen molar-refractivity contribution in [1.82, 2.24) is 14.6 Å². The molecule has 2 aromatic heterocycles. The number of hydrogen-bond donors (Lipinski definition) is 0. The monoisotopic (exact) mass is 467 g/mol. The van der Waals surface area contributed by atoms with Crippen LogP contribution in [0.4, 0.5) is 0 Å². The van der Waals surface area contributed by atoms with Gasteiger partial charge in [-0.05, 0) is 36.8 Å². The fourth-order valence-corrected chi connectivity index (χ4v) is 4.93. The molecule has 0 radical (unpaired) electrons. The highest BCUT2D eigenvalue weighted by Crippen LogP contribution is 2.32. The zero-order valence-electron chi connectivity index (χ0n) is 18.6. The largest absolute Gasteiger partial charge is 0.494 e. The van der Waals surface area contributed by atoms with Gasteiger partial charge in [-0.15, -0.1) is 0 Å². The Labute approximate surface area is 199 Å². The second kappa shape index (κ2) is 11.5. The molecule has 4 aromatic rings. The van der Waals surface area contributed by atoms with Crippen LogP contribution in [0.15, 0.2) is 54.7 Å². The van der Waals surface area contributed by atoms with E-state index >= 15 is 0 Å². The highest BCUT2D eigenvalue weighted by Gasteiger charge is 2.13. The molecule has 0 amide bonds. The van der Waals surface area contributed by atoms with E-state index in [2.05, 4.69) is 24.2 Å². The topological polar surface area (TPSA) is 39.4 Å². The Balaban J connectivity index is 1.27. The van der Waals surface area contributed by atoms with Crippen LogP contribution in [0.3, 0.4) is 0 Å². The smallest absolute Gasteiger partial charge is 0.213 e. The molecule has 32 heavy (non-hydrogen) atoms. The lowest BCUT2D eigenvalue weighted by Gasteiger charge is -2.07. The molecule has 4 rings (SSSR count). The summed E-state index contributed by atoms with van der Waals surface area (Å²) in [5, 5.41) is 6.23. The van der Waals surface area contributed by atoms with E-state index in [1.807, 2.05) is 47.1 Å². The molecule has 0 atom stereocenters. The zero-order chi connectivity index (χ0) is 22.2. The molecule has 0 saturated carbocycles. The van der Waals surface area contributed by atoms with Crippen LogP contribution in [0, 0.1) is 0 Å². The van der Waals surface area contributed by atoms with Gasteiger partial charge < -0.3 is 4.74 Å². The van der Waals surface area contributed by atoms with E-state index in [4.69, 9.17) is 21.3 Å². The van der Waals surface area contributed by atoms with Gasteiger partial charge in [0.1, 0.15) is 10.8 Å². The van der Waals surface area contributed by atoms with E-state index in [0.29, 0.717) is 5.02 Å². The number of hydrogen-bond acceptors (Lipinski definition) is 4. The van der Waals surface area contributed by atoms with Gasteiger partial charge in [0, 0.05) is 11.1 Å². The molecular weight excluding hydrogens is 438 g/mol. The van der Waals surface area contributed by atoms with E-state index in [1.165, 1.54) is 56.3 Å². The SMILES string of the molecule is CCCCCCCCCCOc1ccc(-c2cn3nc(-c4ccccc4Cl)sc3n2)cc1. The number of fused-ring (bicyclic) bond motifs is 1. The van der Waals surface area contributed by atoms with Crippen LogP contribution in [-0.2, 0) is 0 Å². The fraction of sp³-hybridized carbons (Fsp3) is 0.385. The molecule has 0 unspecified atom stereocenters. The maximum Gasteiger partial charge on any atom is 0.213 e. The summed E-state index contributed by atoms with van der Waals surface area (Å²) in [6, 6.07) is 15.9. The summed E-state index contributed by atoms with van der Waals surface area (Å²) in [6.07, 6.45) is 12.4. The molecule has 4 nitrogen and oxygen atoms in total. The number of rotatable bonds is 12. The van der Waals surface area contributed by atoms with Crippen LogP contribution >= 0.6 is 22.9 Å². The van der Waals surface area contributed by atoms with Gasteiger partial charge in [0.15, 0.2) is 0 Å². The minimum absolute atomic E-state index is 0.701. The molecule has 0 spiro atoms. The Morgan fingerprint density at radius 2 is 1.62 bits per heavy atom. The van der Waals surface area contributed by atoms with E-state index < -0.39 is 0 Å². The summed E-state index contributed by atoms with van der Waals surface area (Å²) in [7, 11) is 0. The Hall–Kier alpha value is -2.37. The molecule has 0 fully saturated rings. The highest BCUT2D eigenvalue weighted by molar-refractivity contribution is 7.19. The minimum atomic E-state index is 0.701. The fourth-order valence-electron chi connectivity index (χ4n) is 3.73. The Bertz CT molecular complexity index is 1090. The normalized spacial score (nSPS) is 11.3. The number of benzene rings is 2. The maximum absolute atomic E-state index is 6.30. The molecular formula is C26H30ClN3OS. The molecule has 0 saturated heterocycles. The Morgan fingerprint density at radius 1 is 0.906 bits per heavy atom. The van der Waals surface area contributed by atoms with Crippen LogP contribution in [0.5, 0.6) is 5.75 Å². The lowest BCUT2D eigenvalue weighted by atomic mass is 10.1. The van der Waals surface area contributed by atoms with Crippen molar-refractivity contribution in [3.05, 3.63) is 59.8 Å². The highest BCUT2D eigenvalue weighted by atomic mass is 35.5. The number of nitrogens with zero attached hydrogens (tertiary/aromatic N) is 3. The summed E-state index contributed by atoms with van der Waals surface area (Å²) >= 11 is 7.84. The minimum Gasteiger partial charge on any atom is -0.494 e. The molecule has 168 valence electrons. The first kappa shape index (κ1) is 22.8. The first-order chi connectivity index (χ1) is 15.7. The van der Waals surface area contributed by atoms with Gasteiger partial charge in [0.25, 0.3) is 0 Å². The van der Waals surface area contributed by atoms with Crippen molar-refractivity contribution >= 4 is 27.9 Å². The van der Waals surface area contributed by atoms with Crippen molar-refractivity contribution in [3.8, 4) is 27.6 Å². The van der Waals surface area contributed by atoms with E-state index in [0.717, 1.165) is 45.6 Å². The third-order valence-electron chi connectivity index (χ3n) is 5.56. The lowest BCUT2D eigenvalue weighted by Crippen LogP contribution is -1.97. The van der Waals surface area contributed by atoms with Crippen LogP contribution in [0.1, 0.15) is 58.3 Å². The number of ether oxygens (including phenoxy) is 1. The van der Waals surface area contributed by atoms with Crippen LogP contribution < -0.4 is 4.74 Å². The summed E-state index contributed by atoms with van der Waals surface area (Å²) in [5.41, 5.74) is 2.90. The first-order valence-electron chi connectivity index (χ1n) is 11.6. The third kappa shape index (κ3) is 5.90. The van der Waals surface area contributed by atoms with Gasteiger partial charge in [-0.1, -0.05) is 93.0 Å². The average molecular weight is 468 g/mol. The standard InChI is InChI=1S/C26H30ClN3OS/c1-2-3-4-5-6-7-8-11-18-31-21-16-14-20(15-17-21)24-19-30-26(28-24)32-25(29-30)22-12-9-10-13-23(22)27/h9-10,12-17,19H,2-8,11,18H2,1H3. The third-order valence-corrected chi connectivity index (χ3v) is 6.85. The first-order valence-corrected chi connectivity index (χ1v) is 12.8. The van der Waals surface area contributed by atoms with Gasteiger partial charge in [-0.2, -0.15) is 5.10 Å². The van der Waals surface area contributed by atoms with Crippen molar-refractivity contribution in [2.75, 3.05) is 6.61 Å². The molecule has 0 bridgehead atoms. The molecule has 2 aromatic carbocycles. The second-order valence-corrected chi connectivity index (χ2v) is 9.45. The summed E-state index contributed by atoms with van der Waals surface area (Å²) in [6.45, 7) is 3.04. The van der Waals surface area contributed by atoms with E-state index in [9.17, 15) is 0 Å². The lowest BCUT2D eigenvalue weighted by molar-refractivity contribution is 0.304. The van der Waals surface area contributed by atoms with Crippen molar-refractivity contribution in [3.63, 3.8) is 0 Å². The van der Waals surface area contributed by atoms with Crippen molar-refractivity contribution in [2.24, 2.45) is 0 Å². The quantitative estimate of drug-likeness (QED) is 0.197. The number of aromatic nitrogens is 3. The number of halogens is 1. The van der Waals surface area contributed by atoms with Crippen LogP contribution in [-0.4, -0.2) is 21.2 Å².